The minimum absolute atomic E-state index is 0.120. The first-order valence-corrected chi connectivity index (χ1v) is 10.0. The van der Waals surface area contributed by atoms with Crippen molar-refractivity contribution in [2.75, 3.05) is 6.61 Å². The Balaban J connectivity index is 2.29. The quantitative estimate of drug-likeness (QED) is 0.788. The molecule has 0 unspecified atom stereocenters. The summed E-state index contributed by atoms with van der Waals surface area (Å²) < 4.78 is 33.5. The molecule has 0 heterocycles. The molecule has 2 aromatic rings. The van der Waals surface area contributed by atoms with Crippen molar-refractivity contribution in [2.45, 2.75) is 45.6 Å². The lowest BCUT2D eigenvalue weighted by Gasteiger charge is -2.19. The second kappa shape index (κ2) is 7.77. The summed E-state index contributed by atoms with van der Waals surface area (Å²) in [7, 11) is -3.69. The molecule has 0 radical (unpaired) electrons. The Morgan fingerprint density at radius 3 is 2.32 bits per heavy atom. The second-order valence-electron chi connectivity index (χ2n) is 6.16. The van der Waals surface area contributed by atoms with E-state index in [0.717, 1.165) is 16.7 Å². The zero-order chi connectivity index (χ0) is 18.8. The molecule has 25 heavy (non-hydrogen) atoms. The van der Waals surface area contributed by atoms with Crippen LogP contribution in [-0.4, -0.2) is 15.0 Å². The maximum absolute atomic E-state index is 12.7. The van der Waals surface area contributed by atoms with Crippen molar-refractivity contribution in [3.8, 4) is 5.75 Å². The molecule has 0 fully saturated rings. The van der Waals surface area contributed by atoms with Crippen LogP contribution in [0.2, 0.25) is 5.02 Å². The summed E-state index contributed by atoms with van der Waals surface area (Å²) >= 11 is 6.11. The summed E-state index contributed by atoms with van der Waals surface area (Å²) in [4.78, 5) is 0.120. The Hall–Kier alpha value is -1.56. The molecule has 6 heteroatoms. The van der Waals surface area contributed by atoms with Crippen molar-refractivity contribution in [1.82, 2.24) is 4.72 Å². The number of hydrogen-bond acceptors (Lipinski definition) is 3. The van der Waals surface area contributed by atoms with Crippen LogP contribution < -0.4 is 9.46 Å². The minimum Gasteiger partial charge on any atom is -0.492 e. The van der Waals surface area contributed by atoms with Crippen LogP contribution in [0.5, 0.6) is 5.75 Å². The van der Waals surface area contributed by atoms with Gasteiger partial charge in [-0.05, 0) is 75.1 Å². The monoisotopic (exact) mass is 381 g/mol. The Bertz CT molecular complexity index is 878. The first-order valence-electron chi connectivity index (χ1n) is 8.18. The van der Waals surface area contributed by atoms with E-state index in [-0.39, 0.29) is 16.0 Å². The van der Waals surface area contributed by atoms with Gasteiger partial charge in [0.1, 0.15) is 5.75 Å². The fourth-order valence-corrected chi connectivity index (χ4v) is 4.28. The Morgan fingerprint density at radius 2 is 1.72 bits per heavy atom. The molecule has 0 aliphatic carbocycles. The van der Waals surface area contributed by atoms with Crippen LogP contribution in [0.15, 0.2) is 35.2 Å². The standard InChI is InChI=1S/C19H24ClNO3S/c1-6-24-19-8-7-16(11-18(19)20)25(22,23)21-15(5)17-10-13(3)12(2)9-14(17)4/h7-11,15,21H,6H2,1-5H3/t15-/m1/s1. The van der Waals surface area contributed by atoms with Crippen molar-refractivity contribution in [3.63, 3.8) is 0 Å². The molecule has 0 aliphatic heterocycles. The number of aryl methyl sites for hydroxylation is 3. The average molecular weight is 382 g/mol. The highest BCUT2D eigenvalue weighted by atomic mass is 35.5. The number of benzene rings is 2. The van der Waals surface area contributed by atoms with E-state index in [1.54, 1.807) is 6.07 Å². The fraction of sp³-hybridized carbons (Fsp3) is 0.368. The molecule has 0 saturated carbocycles. The molecule has 4 nitrogen and oxygen atoms in total. The van der Waals surface area contributed by atoms with Gasteiger partial charge in [-0.25, -0.2) is 13.1 Å². The number of ether oxygens (including phenoxy) is 1. The molecule has 0 aromatic heterocycles. The molecule has 2 rings (SSSR count). The van der Waals surface area contributed by atoms with E-state index in [9.17, 15) is 8.42 Å². The highest BCUT2D eigenvalue weighted by molar-refractivity contribution is 7.89. The number of rotatable bonds is 6. The summed E-state index contributed by atoms with van der Waals surface area (Å²) in [5.74, 6) is 0.473. The van der Waals surface area contributed by atoms with Gasteiger partial charge in [0.15, 0.2) is 0 Å². The number of halogens is 1. The summed E-state index contributed by atoms with van der Waals surface area (Å²) in [5.41, 5.74) is 4.34. The average Bonchev–Trinajstić information content (AvgIpc) is 2.52. The third-order valence-corrected chi connectivity index (χ3v) is 6.03. The van der Waals surface area contributed by atoms with Gasteiger partial charge in [-0.1, -0.05) is 23.7 Å². The zero-order valence-corrected chi connectivity index (χ0v) is 16.8. The van der Waals surface area contributed by atoms with Crippen LogP contribution in [0.3, 0.4) is 0 Å². The highest BCUT2D eigenvalue weighted by Crippen LogP contribution is 2.29. The Morgan fingerprint density at radius 1 is 1.08 bits per heavy atom. The topological polar surface area (TPSA) is 55.4 Å². The zero-order valence-electron chi connectivity index (χ0n) is 15.2. The fourth-order valence-electron chi connectivity index (χ4n) is 2.73. The lowest BCUT2D eigenvalue weighted by atomic mass is 9.97. The first kappa shape index (κ1) is 19.8. The van der Waals surface area contributed by atoms with Gasteiger partial charge in [0.2, 0.25) is 10.0 Å². The molecule has 1 atom stereocenters. The molecule has 0 saturated heterocycles. The highest BCUT2D eigenvalue weighted by Gasteiger charge is 2.21. The predicted molar refractivity (Wildman–Crippen MR) is 102 cm³/mol. The first-order chi connectivity index (χ1) is 11.7. The van der Waals surface area contributed by atoms with E-state index in [2.05, 4.69) is 10.8 Å². The molecule has 136 valence electrons. The van der Waals surface area contributed by atoms with Crippen molar-refractivity contribution in [1.29, 1.82) is 0 Å². The lowest BCUT2D eigenvalue weighted by molar-refractivity contribution is 0.340. The smallest absolute Gasteiger partial charge is 0.241 e. The Kier molecular flexibility index (Phi) is 6.14. The molecular formula is C19H24ClNO3S. The van der Waals surface area contributed by atoms with Crippen LogP contribution in [0.25, 0.3) is 0 Å². The summed E-state index contributed by atoms with van der Waals surface area (Å²) in [6.45, 7) is 10.2. The maximum atomic E-state index is 12.7. The van der Waals surface area contributed by atoms with Crippen molar-refractivity contribution >= 4 is 21.6 Å². The van der Waals surface area contributed by atoms with E-state index < -0.39 is 10.0 Å². The van der Waals surface area contributed by atoms with E-state index in [0.29, 0.717) is 12.4 Å². The molecule has 2 aromatic carbocycles. The third-order valence-electron chi connectivity index (χ3n) is 4.19. The van der Waals surface area contributed by atoms with Crippen LogP contribution in [0.1, 0.15) is 42.1 Å². The van der Waals surface area contributed by atoms with Gasteiger partial charge >= 0.3 is 0 Å². The number of hydrogen-bond donors (Lipinski definition) is 1. The number of sulfonamides is 1. The van der Waals surface area contributed by atoms with Crippen molar-refractivity contribution in [3.05, 3.63) is 57.6 Å². The molecule has 0 aliphatic rings. The van der Waals surface area contributed by atoms with Gasteiger partial charge in [-0.15, -0.1) is 0 Å². The lowest BCUT2D eigenvalue weighted by Crippen LogP contribution is -2.27. The second-order valence-corrected chi connectivity index (χ2v) is 8.28. The third kappa shape index (κ3) is 4.54. The minimum atomic E-state index is -3.69. The van der Waals surface area contributed by atoms with Gasteiger partial charge in [-0.3, -0.25) is 0 Å². The SMILES string of the molecule is CCOc1ccc(S(=O)(=O)N[C@H](C)c2cc(C)c(C)cc2C)cc1Cl. The summed E-state index contributed by atoms with van der Waals surface area (Å²) in [6, 6.07) is 8.24. The van der Waals surface area contributed by atoms with Gasteiger partial charge in [-0.2, -0.15) is 0 Å². The number of nitrogens with one attached hydrogen (secondary N) is 1. The molecule has 0 amide bonds. The summed E-state index contributed by atoms with van der Waals surface area (Å²) in [6.07, 6.45) is 0. The Labute approximate surface area is 155 Å². The molecular weight excluding hydrogens is 358 g/mol. The van der Waals surface area contributed by atoms with Crippen LogP contribution in [-0.2, 0) is 10.0 Å². The van der Waals surface area contributed by atoms with Gasteiger partial charge in [0, 0.05) is 6.04 Å². The van der Waals surface area contributed by atoms with E-state index >= 15 is 0 Å². The predicted octanol–water partition coefficient (Wildman–Crippen LogP) is 4.70. The van der Waals surface area contributed by atoms with Crippen molar-refractivity contribution < 1.29 is 13.2 Å². The van der Waals surface area contributed by atoms with Gasteiger partial charge < -0.3 is 4.74 Å². The van der Waals surface area contributed by atoms with E-state index in [4.69, 9.17) is 16.3 Å². The molecule has 0 spiro atoms. The molecule has 1 N–H and O–H groups in total. The largest absolute Gasteiger partial charge is 0.492 e. The normalized spacial score (nSPS) is 12.9. The van der Waals surface area contributed by atoms with Crippen LogP contribution in [0.4, 0.5) is 0 Å². The van der Waals surface area contributed by atoms with E-state index in [1.165, 1.54) is 17.7 Å². The van der Waals surface area contributed by atoms with E-state index in [1.807, 2.05) is 40.7 Å². The van der Waals surface area contributed by atoms with Gasteiger partial charge in [0.05, 0.1) is 16.5 Å². The molecule has 0 bridgehead atoms. The van der Waals surface area contributed by atoms with Crippen LogP contribution in [0, 0.1) is 20.8 Å². The van der Waals surface area contributed by atoms with Crippen LogP contribution >= 0.6 is 11.6 Å². The van der Waals surface area contributed by atoms with Gasteiger partial charge in [0.25, 0.3) is 0 Å². The summed E-state index contributed by atoms with van der Waals surface area (Å²) in [5, 5.41) is 0.278. The maximum Gasteiger partial charge on any atom is 0.241 e. The van der Waals surface area contributed by atoms with Crippen molar-refractivity contribution in [2.24, 2.45) is 0 Å².